The van der Waals surface area contributed by atoms with E-state index < -0.39 is 0 Å². The van der Waals surface area contributed by atoms with Gasteiger partial charge in [-0.15, -0.1) is 28.6 Å². The molecule has 0 aliphatic carbocycles. The minimum absolute atomic E-state index is 0.740. The number of rotatable bonds is 0. The summed E-state index contributed by atoms with van der Waals surface area (Å²) in [7, 11) is 0. The summed E-state index contributed by atoms with van der Waals surface area (Å²) in [6.07, 6.45) is 34.0. The molecule has 0 fully saturated rings. The van der Waals surface area contributed by atoms with Gasteiger partial charge in [0.25, 0.3) is 0 Å². The molecule has 0 aromatic heterocycles. The largest absolute Gasteiger partial charge is 0.483 e. The number of oxime groups is 2. The van der Waals surface area contributed by atoms with Gasteiger partial charge >= 0.3 is 0 Å². The minimum Gasteiger partial charge on any atom is -0.483 e. The van der Waals surface area contributed by atoms with E-state index in [9.17, 15) is 0 Å². The van der Waals surface area contributed by atoms with Gasteiger partial charge in [-0.2, -0.15) is 5.10 Å². The Kier molecular flexibility index (Phi) is 556. The van der Waals surface area contributed by atoms with Crippen molar-refractivity contribution in [1.29, 1.82) is 0 Å². The van der Waals surface area contributed by atoms with Crippen LogP contribution in [-0.4, -0.2) is 202 Å². The molecule has 13 aliphatic rings. The summed E-state index contributed by atoms with van der Waals surface area (Å²) in [5.74, 6) is 4.88. The monoisotopic (exact) mass is 1860 g/mol. The van der Waals surface area contributed by atoms with Crippen molar-refractivity contribution < 1.29 is 23.9 Å². The first-order valence-electron chi connectivity index (χ1n) is 50.6. The maximum atomic E-state index is 4.78. The molecule has 0 saturated heterocycles. The van der Waals surface area contributed by atoms with Crippen molar-refractivity contribution >= 4 is 121 Å². The number of aliphatic imine (C=N–C) groups is 6. The Morgan fingerprint density at radius 3 is 0.782 bits per heavy atom. The number of nitrogens with one attached hydrogen (secondary N) is 6. The van der Waals surface area contributed by atoms with E-state index in [1.165, 1.54) is 80.7 Å². The number of ether oxygens (including phenoxy) is 3. The Balaban J connectivity index is -0.0000000335. The Morgan fingerprint density at radius 2 is 0.677 bits per heavy atom. The summed E-state index contributed by atoms with van der Waals surface area (Å²) < 4.78 is 22.0. The zero-order chi connectivity index (χ0) is 103. The Bertz CT molecular complexity index is 1190. The molecule has 0 unspecified atom stereocenters. The molecular weight excluding hydrogens is 1630 g/mol. The molecule has 0 bridgehead atoms. The lowest BCUT2D eigenvalue weighted by Gasteiger charge is -2.03. The van der Waals surface area contributed by atoms with Crippen LogP contribution in [0.2, 0.25) is 0 Å². The molecule has 13 aliphatic heterocycles. The molecule has 124 heavy (non-hydrogen) atoms. The third-order valence-corrected chi connectivity index (χ3v) is 11.0. The molecule has 770 valence electrons. The molecule has 0 spiro atoms. The van der Waals surface area contributed by atoms with E-state index in [0.717, 1.165) is 137 Å². The van der Waals surface area contributed by atoms with Gasteiger partial charge in [0.1, 0.15) is 26.4 Å². The van der Waals surface area contributed by atoms with Crippen LogP contribution < -0.4 is 32.3 Å². The quantitative estimate of drug-likeness (QED) is 0.123. The van der Waals surface area contributed by atoms with Crippen LogP contribution in [0.25, 0.3) is 0 Å². The predicted molar refractivity (Wildman–Crippen MR) is 609 cm³/mol. The summed E-state index contributed by atoms with van der Waals surface area (Å²) in [5, 5.41) is 20.3. The molecule has 0 aromatic rings. The van der Waals surface area contributed by atoms with Crippen molar-refractivity contribution in [3.05, 3.63) is 12.3 Å². The Hall–Kier alpha value is -4.86. The molecule has 13 rings (SSSR count). The normalized spacial score (nSPS) is 12.9. The standard InChI is InChI=1S/2C4H8N2.2C4H7NO.2C4H7NS.C3H6N2O.2C3H6N2.2C3H5NO.2C3H5NS.26C2H6/c1-2-5-4-6-3-1;1-2-4-6-5-3-1;1-2-5-4-6-3-1;1-2-4-6-5-3-1;1-2-5-4-6-3-1;1-2-4-6-5-3-1;1-2-6-3-5-4-1;1-2-5-3-4-1;1-2-4-5-3-1;1-2-5-3-4-1;1-2-4-5-3-1;1-2-5-3-4-1;1-2-4-5-3-1;26*1-2/h4H,1-3H2,(H,5,6);3,6H,1-2,4H2;4H,1-3H2;3H,1-2,4H2;4H,1-3H2;3H,1-2,4H2;3-4H,1-2H2;3H,1-2H2,(H,4,5);1-2,4-5H,3H2;3H,1-2H2;2H,1,3H2;3H,1-2H2;2H,1,3H2;26*1-2H3. The Morgan fingerprint density at radius 1 is 0.266 bits per heavy atom. The fourth-order valence-electron chi connectivity index (χ4n) is 4.49. The minimum atomic E-state index is 0.740. The van der Waals surface area contributed by atoms with Gasteiger partial charge in [0.15, 0.2) is 19.2 Å². The van der Waals surface area contributed by atoms with Crippen LogP contribution in [0.1, 0.15) is 431 Å². The first kappa shape index (κ1) is 192. The zero-order valence-electron chi connectivity index (χ0n) is 94.0. The highest BCUT2D eigenvalue weighted by Crippen LogP contribution is 2.09. The topological polar surface area (TPSA) is 267 Å². The predicted octanol–water partition coefficient (Wildman–Crippen LogP) is 32.0. The maximum Gasteiger partial charge on any atom is 0.192 e. The summed E-state index contributed by atoms with van der Waals surface area (Å²) >= 11 is 6.89. The smallest absolute Gasteiger partial charge is 0.192 e. The second-order valence-electron chi connectivity index (χ2n) is 14.2. The molecule has 0 aromatic carbocycles. The lowest BCUT2D eigenvalue weighted by Crippen LogP contribution is -2.19. The van der Waals surface area contributed by atoms with E-state index in [0.29, 0.717) is 0 Å². The summed E-state index contributed by atoms with van der Waals surface area (Å²) in [4.78, 5) is 32.4. The average molecular weight is 1870 g/mol. The van der Waals surface area contributed by atoms with Crippen LogP contribution in [0.3, 0.4) is 0 Å². The highest BCUT2D eigenvalue weighted by Gasteiger charge is 1.93. The SMILES string of the molecule is C1=CNNC1.C1=NCCCN1.C1=NCCCO1.C1=NCCCS1.C1=NCCN1.C1=NCCO1.C1=NCCS1.C1=NNCCC1.C1=NNCCO1.C1=NOCC1.C1=NOCCC1.C1=NSCC1.C1=NSCCC1.CC.CC.CC.CC.CC.CC.CC.CC.CC.CC.CC.CC.CC.CC.CC.CC.CC.CC.CC.CC.CC.CC.CC.CC.CC.CC. The summed E-state index contributed by atoms with van der Waals surface area (Å²) in [5.41, 5.74) is 15.1. The van der Waals surface area contributed by atoms with E-state index in [1.807, 2.05) is 402 Å². The molecular formula is C97H238N18O5S4. The number of hydrogen-bond acceptors (Lipinski definition) is 27. The molecule has 13 heterocycles. The van der Waals surface area contributed by atoms with Crippen LogP contribution in [0, 0.1) is 0 Å². The summed E-state index contributed by atoms with van der Waals surface area (Å²) in [6, 6.07) is 0. The second-order valence-corrected chi connectivity index (χ2v) is 17.9. The fourth-order valence-corrected chi connectivity index (χ4v) is 6.77. The number of hydrazone groups is 2. The van der Waals surface area contributed by atoms with E-state index in [-0.39, 0.29) is 0 Å². The van der Waals surface area contributed by atoms with Gasteiger partial charge in [-0.05, 0) is 81.7 Å². The van der Waals surface area contributed by atoms with Gasteiger partial charge in [-0.1, -0.05) is 376 Å². The summed E-state index contributed by atoms with van der Waals surface area (Å²) in [6.45, 7) is 119. The van der Waals surface area contributed by atoms with Crippen LogP contribution in [0.4, 0.5) is 0 Å². The van der Waals surface area contributed by atoms with Crippen LogP contribution in [0.5, 0.6) is 0 Å². The van der Waals surface area contributed by atoms with E-state index in [1.54, 1.807) is 72.5 Å². The number of thioether (sulfide) groups is 2. The van der Waals surface area contributed by atoms with Gasteiger partial charge in [-0.3, -0.25) is 30.0 Å². The van der Waals surface area contributed by atoms with Crippen LogP contribution in [0.15, 0.2) is 71.5 Å². The molecule has 6 N–H and O–H groups in total. The van der Waals surface area contributed by atoms with Crippen LogP contribution >= 0.6 is 47.4 Å². The first-order chi connectivity index (χ1) is 62.0. The van der Waals surface area contributed by atoms with E-state index >= 15 is 0 Å². The molecule has 27 heteroatoms. The van der Waals surface area contributed by atoms with Crippen molar-refractivity contribution in [2.75, 3.05) is 128 Å². The number of hydrogen-bond donors (Lipinski definition) is 6. The van der Waals surface area contributed by atoms with Crippen molar-refractivity contribution in [2.45, 2.75) is 431 Å². The average Bonchev–Trinajstić information content (AvgIpc) is 2.11. The number of nitrogens with zero attached hydrogens (tertiary/aromatic N) is 12. The molecule has 0 saturated carbocycles. The van der Waals surface area contributed by atoms with Crippen molar-refractivity contribution in [1.82, 2.24) is 32.3 Å². The lowest BCUT2D eigenvalue weighted by atomic mass is 10.3. The van der Waals surface area contributed by atoms with Gasteiger partial charge in [0.05, 0.1) is 50.0 Å². The van der Waals surface area contributed by atoms with Crippen LogP contribution in [-0.2, 0) is 23.9 Å². The van der Waals surface area contributed by atoms with Gasteiger partial charge in [-0.25, -0.2) is 14.2 Å². The third-order valence-electron chi connectivity index (χ3n) is 8.02. The van der Waals surface area contributed by atoms with Crippen molar-refractivity contribution in [3.8, 4) is 0 Å². The van der Waals surface area contributed by atoms with E-state index in [2.05, 4.69) is 106 Å². The highest BCUT2D eigenvalue weighted by atomic mass is 32.2. The number of hydrazine groups is 1. The molecule has 0 amide bonds. The van der Waals surface area contributed by atoms with Crippen molar-refractivity contribution in [3.63, 3.8) is 0 Å². The second kappa shape index (κ2) is 360. The Labute approximate surface area is 802 Å². The molecule has 23 nitrogen and oxygen atoms in total. The highest BCUT2D eigenvalue weighted by molar-refractivity contribution is 8.12. The van der Waals surface area contributed by atoms with Gasteiger partial charge in [0.2, 0.25) is 0 Å². The zero-order valence-corrected chi connectivity index (χ0v) is 97.3. The first-order valence-corrected chi connectivity index (χ1v) is 54.6. The maximum absolute atomic E-state index is 4.78. The molecule has 0 radical (unpaired) electrons. The molecule has 0 atom stereocenters. The van der Waals surface area contributed by atoms with E-state index in [4.69, 9.17) is 9.47 Å². The third kappa shape index (κ3) is 351. The lowest BCUT2D eigenvalue weighted by molar-refractivity contribution is 0.134. The van der Waals surface area contributed by atoms with Crippen molar-refractivity contribution in [2.24, 2.45) is 59.3 Å². The van der Waals surface area contributed by atoms with Gasteiger partial charge < -0.3 is 50.8 Å². The fraction of sp³-hybridized carbons (Fsp3) is 0.856. The van der Waals surface area contributed by atoms with Gasteiger partial charge in [0, 0.05) is 125 Å².